The Morgan fingerprint density at radius 2 is 2.25 bits per heavy atom. The quantitative estimate of drug-likeness (QED) is 0.809. The highest BCUT2D eigenvalue weighted by Crippen LogP contribution is 2.19. The van der Waals surface area contributed by atoms with E-state index in [0.29, 0.717) is 12.1 Å². The molecule has 0 aliphatic carbocycles. The molecule has 0 spiro atoms. The van der Waals surface area contributed by atoms with Crippen molar-refractivity contribution in [1.29, 1.82) is 0 Å². The van der Waals surface area contributed by atoms with E-state index in [1.165, 1.54) is 4.90 Å². The lowest BCUT2D eigenvalue weighted by Crippen LogP contribution is -2.40. The van der Waals surface area contributed by atoms with E-state index in [2.05, 4.69) is 0 Å². The summed E-state index contributed by atoms with van der Waals surface area (Å²) in [6.45, 7) is 2.25. The zero-order valence-electron chi connectivity index (χ0n) is 9.06. The van der Waals surface area contributed by atoms with Gasteiger partial charge in [-0.1, -0.05) is 17.7 Å². The molecule has 1 aliphatic rings. The van der Waals surface area contributed by atoms with Gasteiger partial charge in [0.05, 0.1) is 0 Å². The first-order chi connectivity index (χ1) is 7.58. The summed E-state index contributed by atoms with van der Waals surface area (Å²) in [7, 11) is 0. The van der Waals surface area contributed by atoms with E-state index in [-0.39, 0.29) is 12.5 Å². The molecule has 1 amide bonds. The van der Waals surface area contributed by atoms with Gasteiger partial charge in [0, 0.05) is 12.1 Å². The molecule has 4 nitrogen and oxygen atoms in total. The summed E-state index contributed by atoms with van der Waals surface area (Å²) in [6, 6.07) is 5.65. The van der Waals surface area contributed by atoms with Crippen LogP contribution in [0.5, 0.6) is 0 Å². The number of nitrogens with zero attached hydrogens (tertiary/aromatic N) is 1. The van der Waals surface area contributed by atoms with Crippen LogP contribution < -0.4 is 0 Å². The van der Waals surface area contributed by atoms with Gasteiger partial charge in [0.15, 0.2) is 0 Å². The van der Waals surface area contributed by atoms with Crippen molar-refractivity contribution in [3.63, 3.8) is 0 Å². The average Bonchev–Trinajstić information content (AvgIpc) is 2.22. The van der Waals surface area contributed by atoms with Crippen molar-refractivity contribution in [3.8, 4) is 0 Å². The fourth-order valence-electron chi connectivity index (χ4n) is 1.98. The SMILES string of the molecule is Cc1ccc2c(c1)CCN(CC(=O)O)C2=O. The molecule has 16 heavy (non-hydrogen) atoms. The fourth-order valence-corrected chi connectivity index (χ4v) is 1.98. The zero-order chi connectivity index (χ0) is 11.7. The van der Waals surface area contributed by atoms with Gasteiger partial charge in [0.2, 0.25) is 0 Å². The number of aliphatic carboxylic acids is 1. The topological polar surface area (TPSA) is 57.6 Å². The number of benzene rings is 1. The monoisotopic (exact) mass is 219 g/mol. The number of carbonyl (C=O) groups excluding carboxylic acids is 1. The van der Waals surface area contributed by atoms with E-state index in [1.807, 2.05) is 19.1 Å². The number of hydrogen-bond acceptors (Lipinski definition) is 2. The van der Waals surface area contributed by atoms with Crippen LogP contribution >= 0.6 is 0 Å². The Kier molecular flexibility index (Phi) is 2.64. The minimum Gasteiger partial charge on any atom is -0.480 e. The summed E-state index contributed by atoms with van der Waals surface area (Å²) in [4.78, 5) is 23.9. The number of fused-ring (bicyclic) bond motifs is 1. The van der Waals surface area contributed by atoms with Crippen LogP contribution in [0.1, 0.15) is 21.5 Å². The molecule has 0 aromatic heterocycles. The van der Waals surface area contributed by atoms with E-state index in [9.17, 15) is 9.59 Å². The molecule has 1 aliphatic heterocycles. The van der Waals surface area contributed by atoms with E-state index in [4.69, 9.17) is 5.11 Å². The lowest BCUT2D eigenvalue weighted by Gasteiger charge is -2.27. The van der Waals surface area contributed by atoms with Gasteiger partial charge in [-0.2, -0.15) is 0 Å². The van der Waals surface area contributed by atoms with Gasteiger partial charge in [-0.15, -0.1) is 0 Å². The molecule has 0 atom stereocenters. The van der Waals surface area contributed by atoms with E-state index >= 15 is 0 Å². The summed E-state index contributed by atoms with van der Waals surface area (Å²) >= 11 is 0. The zero-order valence-corrected chi connectivity index (χ0v) is 9.06. The first-order valence-electron chi connectivity index (χ1n) is 5.18. The maximum Gasteiger partial charge on any atom is 0.323 e. The van der Waals surface area contributed by atoms with Crippen LogP contribution in [0, 0.1) is 6.92 Å². The highest BCUT2D eigenvalue weighted by atomic mass is 16.4. The fraction of sp³-hybridized carbons (Fsp3) is 0.333. The van der Waals surface area contributed by atoms with Crippen LogP contribution in [0.25, 0.3) is 0 Å². The van der Waals surface area contributed by atoms with Crippen molar-refractivity contribution < 1.29 is 14.7 Å². The lowest BCUT2D eigenvalue weighted by atomic mass is 9.97. The molecule has 0 bridgehead atoms. The Balaban J connectivity index is 2.29. The number of amides is 1. The van der Waals surface area contributed by atoms with E-state index in [0.717, 1.165) is 17.5 Å². The summed E-state index contributed by atoms with van der Waals surface area (Å²) in [6.07, 6.45) is 0.732. The number of aryl methyl sites for hydroxylation is 1. The first-order valence-corrected chi connectivity index (χ1v) is 5.18. The average molecular weight is 219 g/mol. The molecule has 1 N–H and O–H groups in total. The standard InChI is InChI=1S/C12H13NO3/c1-8-2-3-10-9(6-8)4-5-13(12(10)16)7-11(14)15/h2-3,6H,4-5,7H2,1H3,(H,14,15). The van der Waals surface area contributed by atoms with Gasteiger partial charge in [-0.05, 0) is 25.0 Å². The molecule has 0 radical (unpaired) electrons. The smallest absolute Gasteiger partial charge is 0.323 e. The van der Waals surface area contributed by atoms with Gasteiger partial charge >= 0.3 is 5.97 Å². The molecule has 0 saturated heterocycles. The second kappa shape index (κ2) is 3.96. The van der Waals surface area contributed by atoms with Gasteiger partial charge in [0.1, 0.15) is 6.54 Å². The molecule has 0 unspecified atom stereocenters. The van der Waals surface area contributed by atoms with Crippen LogP contribution in [0.2, 0.25) is 0 Å². The lowest BCUT2D eigenvalue weighted by molar-refractivity contribution is -0.137. The summed E-state index contributed by atoms with van der Waals surface area (Å²) < 4.78 is 0. The third kappa shape index (κ3) is 1.91. The number of rotatable bonds is 2. The molecule has 0 saturated carbocycles. The van der Waals surface area contributed by atoms with Crippen molar-refractivity contribution in [1.82, 2.24) is 4.90 Å². The molecule has 1 heterocycles. The van der Waals surface area contributed by atoms with Crippen molar-refractivity contribution in [2.24, 2.45) is 0 Å². The Morgan fingerprint density at radius 1 is 1.50 bits per heavy atom. The molecule has 0 fully saturated rings. The molecule has 84 valence electrons. The second-order valence-electron chi connectivity index (χ2n) is 4.03. The number of carboxylic acids is 1. The summed E-state index contributed by atoms with van der Waals surface area (Å²) in [5.74, 6) is -1.15. The molecule has 1 aromatic rings. The molecular formula is C12H13NO3. The largest absolute Gasteiger partial charge is 0.480 e. The molecular weight excluding hydrogens is 206 g/mol. The van der Waals surface area contributed by atoms with Crippen molar-refractivity contribution >= 4 is 11.9 Å². The Bertz CT molecular complexity index is 454. The Hall–Kier alpha value is -1.84. The minimum absolute atomic E-state index is 0.177. The van der Waals surface area contributed by atoms with E-state index < -0.39 is 5.97 Å². The van der Waals surface area contributed by atoms with Crippen LogP contribution in [0.4, 0.5) is 0 Å². The minimum atomic E-state index is -0.969. The van der Waals surface area contributed by atoms with Gasteiger partial charge < -0.3 is 10.0 Å². The van der Waals surface area contributed by atoms with Gasteiger partial charge in [-0.25, -0.2) is 0 Å². The van der Waals surface area contributed by atoms with E-state index in [1.54, 1.807) is 6.07 Å². The highest BCUT2D eigenvalue weighted by Gasteiger charge is 2.25. The predicted molar refractivity (Wildman–Crippen MR) is 58.4 cm³/mol. The number of carboxylic acid groups (broad SMARTS) is 1. The number of hydrogen-bond donors (Lipinski definition) is 1. The Labute approximate surface area is 93.5 Å². The van der Waals surface area contributed by atoms with Crippen molar-refractivity contribution in [3.05, 3.63) is 34.9 Å². The Morgan fingerprint density at radius 3 is 2.94 bits per heavy atom. The van der Waals surface area contributed by atoms with Gasteiger partial charge in [-0.3, -0.25) is 9.59 Å². The highest BCUT2D eigenvalue weighted by molar-refractivity contribution is 5.98. The van der Waals surface area contributed by atoms with Crippen LogP contribution in [0.15, 0.2) is 18.2 Å². The van der Waals surface area contributed by atoms with Crippen LogP contribution in [-0.4, -0.2) is 35.0 Å². The second-order valence-corrected chi connectivity index (χ2v) is 4.03. The first kappa shape index (κ1) is 10.7. The summed E-state index contributed by atoms with van der Waals surface area (Å²) in [5.41, 5.74) is 2.78. The molecule has 4 heteroatoms. The van der Waals surface area contributed by atoms with Crippen LogP contribution in [-0.2, 0) is 11.2 Å². The third-order valence-corrected chi connectivity index (χ3v) is 2.76. The molecule has 2 rings (SSSR count). The third-order valence-electron chi connectivity index (χ3n) is 2.76. The van der Waals surface area contributed by atoms with Crippen molar-refractivity contribution in [2.45, 2.75) is 13.3 Å². The van der Waals surface area contributed by atoms with Crippen molar-refractivity contribution in [2.75, 3.05) is 13.1 Å². The van der Waals surface area contributed by atoms with Gasteiger partial charge in [0.25, 0.3) is 5.91 Å². The number of carbonyl (C=O) groups is 2. The maximum atomic E-state index is 11.9. The molecule has 1 aromatic carbocycles. The van der Waals surface area contributed by atoms with Crippen LogP contribution in [0.3, 0.4) is 0 Å². The summed E-state index contributed by atoms with van der Waals surface area (Å²) in [5, 5.41) is 8.68. The maximum absolute atomic E-state index is 11.9. The predicted octanol–water partition coefficient (Wildman–Crippen LogP) is 1.08. The normalized spacial score (nSPS) is 14.8.